The van der Waals surface area contributed by atoms with E-state index in [0.29, 0.717) is 0 Å². The number of phenolic OH excluding ortho intramolecular Hbond substituents is 2. The number of hydrogen-bond donors (Lipinski definition) is 2. The predicted molar refractivity (Wildman–Crippen MR) is 45.8 cm³/mol. The number of fused-ring (bicyclic) bond motifs is 1. The maximum absolute atomic E-state index is 11.2. The molecule has 2 N–H and O–H groups in total. The van der Waals surface area contributed by atoms with Crippen molar-refractivity contribution in [1.82, 2.24) is 0 Å². The van der Waals surface area contributed by atoms with Gasteiger partial charge in [-0.2, -0.15) is 0 Å². The third kappa shape index (κ3) is 1.12. The summed E-state index contributed by atoms with van der Waals surface area (Å²) in [5.41, 5.74) is -0.210. The Hall–Kier alpha value is -1.97. The van der Waals surface area contributed by atoms with Gasteiger partial charge in [-0.05, 0) is 6.07 Å². The van der Waals surface area contributed by atoms with Crippen LogP contribution in [0.4, 0.5) is 0 Å². The van der Waals surface area contributed by atoms with Gasteiger partial charge in [-0.1, -0.05) is 0 Å². The van der Waals surface area contributed by atoms with Crippen molar-refractivity contribution >= 4 is 11.0 Å². The summed E-state index contributed by atoms with van der Waals surface area (Å²) in [5.74, 6) is -0.406. The molecule has 66 valence electrons. The third-order valence-corrected chi connectivity index (χ3v) is 1.72. The van der Waals surface area contributed by atoms with E-state index in [0.717, 1.165) is 6.07 Å². The molecule has 2 aromatic rings. The van der Waals surface area contributed by atoms with Gasteiger partial charge in [-0.15, -0.1) is 0 Å². The quantitative estimate of drug-likeness (QED) is 0.635. The van der Waals surface area contributed by atoms with Crippen LogP contribution < -0.4 is 5.43 Å². The molecule has 0 saturated carbocycles. The summed E-state index contributed by atoms with van der Waals surface area (Å²) in [6.45, 7) is 0. The van der Waals surface area contributed by atoms with E-state index in [2.05, 4.69) is 0 Å². The Morgan fingerprint density at radius 3 is 2.77 bits per heavy atom. The van der Waals surface area contributed by atoms with Crippen LogP contribution in [0.25, 0.3) is 11.0 Å². The molecule has 0 fully saturated rings. The van der Waals surface area contributed by atoms with Crippen molar-refractivity contribution in [3.8, 4) is 11.5 Å². The van der Waals surface area contributed by atoms with Gasteiger partial charge in [0, 0.05) is 12.1 Å². The highest BCUT2D eigenvalue weighted by molar-refractivity contribution is 5.83. The Morgan fingerprint density at radius 1 is 1.23 bits per heavy atom. The van der Waals surface area contributed by atoms with Crippen molar-refractivity contribution in [3.63, 3.8) is 0 Å². The zero-order valence-corrected chi connectivity index (χ0v) is 6.52. The van der Waals surface area contributed by atoms with Crippen molar-refractivity contribution < 1.29 is 14.6 Å². The van der Waals surface area contributed by atoms with Crippen LogP contribution in [0.15, 0.2) is 33.7 Å². The molecule has 0 radical (unpaired) electrons. The first-order valence-electron chi connectivity index (χ1n) is 3.62. The van der Waals surface area contributed by atoms with Crippen molar-refractivity contribution in [2.75, 3.05) is 0 Å². The van der Waals surface area contributed by atoms with Gasteiger partial charge >= 0.3 is 0 Å². The van der Waals surface area contributed by atoms with Crippen molar-refractivity contribution in [2.24, 2.45) is 0 Å². The van der Waals surface area contributed by atoms with E-state index >= 15 is 0 Å². The number of rotatable bonds is 0. The summed E-state index contributed by atoms with van der Waals surface area (Å²) < 4.78 is 4.92. The third-order valence-electron chi connectivity index (χ3n) is 1.72. The first kappa shape index (κ1) is 7.67. The molecule has 0 amide bonds. The van der Waals surface area contributed by atoms with Gasteiger partial charge in [-0.3, -0.25) is 4.79 Å². The molecule has 0 aliphatic carbocycles. The molecule has 2 rings (SSSR count). The summed E-state index contributed by atoms with van der Waals surface area (Å²) in [6.07, 6.45) is 1.20. The number of aromatic hydroxyl groups is 2. The van der Waals surface area contributed by atoms with E-state index in [1.54, 1.807) is 0 Å². The van der Waals surface area contributed by atoms with Crippen LogP contribution in [-0.4, -0.2) is 10.2 Å². The highest BCUT2D eigenvalue weighted by Crippen LogP contribution is 2.26. The zero-order chi connectivity index (χ0) is 9.42. The van der Waals surface area contributed by atoms with Crippen molar-refractivity contribution in [1.29, 1.82) is 0 Å². The van der Waals surface area contributed by atoms with E-state index in [-0.39, 0.29) is 27.9 Å². The fourth-order valence-corrected chi connectivity index (χ4v) is 1.16. The molecule has 0 bridgehead atoms. The molecular formula is C9H6O4. The lowest BCUT2D eigenvalue weighted by Gasteiger charge is -1.98. The first-order chi connectivity index (χ1) is 6.18. The van der Waals surface area contributed by atoms with Gasteiger partial charge in [-0.25, -0.2) is 0 Å². The molecule has 1 heterocycles. The second-order valence-electron chi connectivity index (χ2n) is 2.63. The van der Waals surface area contributed by atoms with E-state index in [1.165, 1.54) is 18.4 Å². The number of hydrogen-bond acceptors (Lipinski definition) is 4. The molecule has 13 heavy (non-hydrogen) atoms. The highest BCUT2D eigenvalue weighted by Gasteiger charge is 2.06. The van der Waals surface area contributed by atoms with Crippen LogP contribution in [0.1, 0.15) is 0 Å². The van der Waals surface area contributed by atoms with Gasteiger partial charge in [0.2, 0.25) is 0 Å². The van der Waals surface area contributed by atoms with Crippen LogP contribution in [0.2, 0.25) is 0 Å². The summed E-state index contributed by atoms with van der Waals surface area (Å²) in [7, 11) is 0. The van der Waals surface area contributed by atoms with Crippen LogP contribution in [0.5, 0.6) is 11.5 Å². The molecule has 1 aromatic carbocycles. The Labute approximate surface area is 72.7 Å². The molecular weight excluding hydrogens is 172 g/mol. The largest absolute Gasteiger partial charge is 0.508 e. The maximum atomic E-state index is 11.2. The minimum Gasteiger partial charge on any atom is -0.508 e. The minimum absolute atomic E-state index is 0.0882. The molecule has 0 atom stereocenters. The molecule has 0 aliphatic rings. The molecule has 0 unspecified atom stereocenters. The topological polar surface area (TPSA) is 70.7 Å². The van der Waals surface area contributed by atoms with E-state index in [4.69, 9.17) is 9.52 Å². The second kappa shape index (κ2) is 2.52. The van der Waals surface area contributed by atoms with E-state index < -0.39 is 0 Å². The lowest BCUT2D eigenvalue weighted by Crippen LogP contribution is -1.97. The number of benzene rings is 1. The maximum Gasteiger partial charge on any atom is 0.192 e. The second-order valence-corrected chi connectivity index (χ2v) is 2.63. The molecule has 0 aliphatic heterocycles. The fraction of sp³-hybridized carbons (Fsp3) is 0. The van der Waals surface area contributed by atoms with Crippen molar-refractivity contribution in [3.05, 3.63) is 34.7 Å². The standard InChI is InChI=1S/C9H6O4/c10-5-3-6-7(11)1-2-13-9(6)8(12)4-5/h1-4,10,12H. The summed E-state index contributed by atoms with van der Waals surface area (Å²) in [6, 6.07) is 3.59. The first-order valence-corrected chi connectivity index (χ1v) is 3.62. The summed E-state index contributed by atoms with van der Waals surface area (Å²) in [4.78, 5) is 11.2. The molecule has 4 nitrogen and oxygen atoms in total. The van der Waals surface area contributed by atoms with Gasteiger partial charge in [0.25, 0.3) is 0 Å². The van der Waals surface area contributed by atoms with Crippen LogP contribution >= 0.6 is 0 Å². The summed E-state index contributed by atoms with van der Waals surface area (Å²) >= 11 is 0. The normalized spacial score (nSPS) is 10.5. The Kier molecular flexibility index (Phi) is 1.48. The van der Waals surface area contributed by atoms with Gasteiger partial charge in [0.1, 0.15) is 5.75 Å². The average molecular weight is 178 g/mol. The minimum atomic E-state index is -0.299. The van der Waals surface area contributed by atoms with Crippen molar-refractivity contribution in [2.45, 2.75) is 0 Å². The van der Waals surface area contributed by atoms with Crippen LogP contribution in [0.3, 0.4) is 0 Å². The number of phenols is 2. The van der Waals surface area contributed by atoms with Gasteiger partial charge in [0.15, 0.2) is 16.8 Å². The van der Waals surface area contributed by atoms with E-state index in [1.807, 2.05) is 0 Å². The Balaban J connectivity index is 3.03. The van der Waals surface area contributed by atoms with Gasteiger partial charge in [0.05, 0.1) is 11.6 Å². The fourth-order valence-electron chi connectivity index (χ4n) is 1.16. The van der Waals surface area contributed by atoms with E-state index in [9.17, 15) is 9.90 Å². The predicted octanol–water partition coefficient (Wildman–Crippen LogP) is 1.20. The molecule has 0 saturated heterocycles. The Bertz CT molecular complexity index is 512. The average Bonchev–Trinajstić information content (AvgIpc) is 2.07. The van der Waals surface area contributed by atoms with Crippen LogP contribution in [-0.2, 0) is 0 Å². The molecule has 1 aromatic heterocycles. The Morgan fingerprint density at radius 2 is 2.00 bits per heavy atom. The van der Waals surface area contributed by atoms with Gasteiger partial charge < -0.3 is 14.6 Å². The monoisotopic (exact) mass is 178 g/mol. The smallest absolute Gasteiger partial charge is 0.192 e. The zero-order valence-electron chi connectivity index (χ0n) is 6.52. The van der Waals surface area contributed by atoms with Crippen LogP contribution in [0, 0.1) is 0 Å². The lowest BCUT2D eigenvalue weighted by molar-refractivity contribution is 0.444. The lowest BCUT2D eigenvalue weighted by atomic mass is 10.2. The molecule has 4 heteroatoms. The highest BCUT2D eigenvalue weighted by atomic mass is 16.3. The SMILES string of the molecule is O=c1ccoc2c(O)cc(O)cc12. The summed E-state index contributed by atoms with van der Waals surface area (Å²) in [5, 5.41) is 18.5. The molecule has 0 spiro atoms.